The highest BCUT2D eigenvalue weighted by atomic mass is 32.2. The Kier molecular flexibility index (Phi) is 21.8. The van der Waals surface area contributed by atoms with E-state index in [1.165, 1.54) is 103 Å². The Morgan fingerprint density at radius 3 is 0.842 bits per heavy atom. The number of hydrogen-bond donors (Lipinski definition) is 0. The summed E-state index contributed by atoms with van der Waals surface area (Å²) in [7, 11) is -13.9. The first-order valence-electron chi connectivity index (χ1n) is 30.7. The van der Waals surface area contributed by atoms with Crippen LogP contribution in [0.3, 0.4) is 0 Å². The fourth-order valence-corrected chi connectivity index (χ4v) is 16.6. The molecule has 514 valence electrons. The Balaban J connectivity index is 0.000000136. The van der Waals surface area contributed by atoms with E-state index in [0.29, 0.717) is 16.2 Å². The summed E-state index contributed by atoms with van der Waals surface area (Å²) in [6.07, 6.45) is -11.3. The van der Waals surface area contributed by atoms with Crippen molar-refractivity contribution < 1.29 is 79.3 Å². The molecule has 0 N–H and O–H groups in total. The van der Waals surface area contributed by atoms with Crippen LogP contribution in [0.2, 0.25) is 0 Å². The molecule has 0 spiro atoms. The molecule has 14 rings (SSSR count). The second-order valence-corrected chi connectivity index (χ2v) is 29.4. The predicted molar refractivity (Wildman–Crippen MR) is 375 cm³/mol. The van der Waals surface area contributed by atoms with Crippen molar-refractivity contribution in [1.82, 2.24) is 0 Å². The summed E-state index contributed by atoms with van der Waals surface area (Å²) in [5, 5.41) is 0.822. The fraction of sp³-hybridized carbons (Fsp3) is 0.0886. The topological polar surface area (TPSA) is 133 Å². The maximum absolute atomic E-state index is 13.4. The Labute approximate surface area is 580 Å². The molecule has 0 bridgehead atoms. The average molecular weight is 1450 g/mol. The molecule has 22 heteroatoms. The van der Waals surface area contributed by atoms with Crippen molar-refractivity contribution >= 4 is 107 Å². The molecule has 0 atom stereocenters. The van der Waals surface area contributed by atoms with Gasteiger partial charge in [-0.25, -0.2) is 16.8 Å². The Morgan fingerprint density at radius 1 is 0.277 bits per heavy atom. The van der Waals surface area contributed by atoms with E-state index in [0.717, 1.165) is 5.39 Å². The van der Waals surface area contributed by atoms with Gasteiger partial charge in [0.15, 0.2) is 49.6 Å². The molecule has 0 unspecified atom stereocenters. The molecule has 8 nitrogen and oxygen atoms in total. The zero-order chi connectivity index (χ0) is 71.8. The molecule has 0 saturated carbocycles. The smallest absolute Gasteiger partial charge is 0.434 e. The fourth-order valence-electron chi connectivity index (χ4n) is 11.0. The van der Waals surface area contributed by atoms with Crippen LogP contribution >= 0.6 is 0 Å². The molecule has 0 aliphatic rings. The van der Waals surface area contributed by atoms with Crippen LogP contribution in [0.15, 0.2) is 345 Å². The molecule has 14 aromatic carbocycles. The normalized spacial score (nSPS) is 12.5. The summed E-state index contributed by atoms with van der Waals surface area (Å²) in [5.41, 5.74) is 0.0694. The van der Waals surface area contributed by atoms with Crippen molar-refractivity contribution in [3.05, 3.63) is 327 Å². The van der Waals surface area contributed by atoms with Crippen LogP contribution in [0.25, 0.3) is 64.6 Å². The standard InChI is InChI=1S/2C26H19S.C14H10F6O4S.C13H10F4O4S/c2*1-2-14-22(15-3-1)27(25-18-8-12-20-10-4-6-16-23(20)25)26-19-9-13-21-11-5-7-17-24(21)26;15-12(16,14(19,20)25(21,22)23)13(17,18)24-8-9-5-6-10-3-1-2-4-11(10)7-9;14-12(15,13(16,17)22(18,19)20)21-8-9-5-6-10-3-1-2-4-11(10)7-9/h2*1-19H;1-7H,8H2,(H,21,22,23);1-7H,8H2,(H,18,19,20)/q2*+1;;/p-2. The maximum atomic E-state index is 13.4. The maximum Gasteiger partial charge on any atom is 0.434 e. The van der Waals surface area contributed by atoms with Crippen molar-refractivity contribution in [1.29, 1.82) is 0 Å². The van der Waals surface area contributed by atoms with Gasteiger partial charge >= 0.3 is 28.6 Å². The second-order valence-electron chi connectivity index (χ2n) is 22.6. The third-order valence-electron chi connectivity index (χ3n) is 16.0. The predicted octanol–water partition coefficient (Wildman–Crippen LogP) is 21.0. The third-order valence-corrected chi connectivity index (χ3v) is 22.4. The highest BCUT2D eigenvalue weighted by Crippen LogP contribution is 2.49. The van der Waals surface area contributed by atoms with Gasteiger partial charge in [0.25, 0.3) is 0 Å². The van der Waals surface area contributed by atoms with E-state index in [-0.39, 0.29) is 32.9 Å². The lowest BCUT2D eigenvalue weighted by atomic mass is 10.1. The minimum Gasteiger partial charge on any atom is -0.743 e. The highest BCUT2D eigenvalue weighted by molar-refractivity contribution is 7.97. The van der Waals surface area contributed by atoms with Crippen LogP contribution in [0.4, 0.5) is 43.9 Å². The zero-order valence-electron chi connectivity index (χ0n) is 52.6. The van der Waals surface area contributed by atoms with E-state index in [1.54, 1.807) is 54.6 Å². The van der Waals surface area contributed by atoms with E-state index < -0.39 is 62.1 Å². The number of rotatable bonds is 17. The summed E-state index contributed by atoms with van der Waals surface area (Å²) in [4.78, 5) is 8.24. The molecular weight excluding hydrogens is 1400 g/mol. The van der Waals surface area contributed by atoms with Gasteiger partial charge in [-0.15, -0.1) is 0 Å². The molecule has 0 radical (unpaired) electrons. The van der Waals surface area contributed by atoms with E-state index in [1.807, 2.05) is 0 Å². The van der Waals surface area contributed by atoms with E-state index in [2.05, 4.69) is 240 Å². The van der Waals surface area contributed by atoms with Crippen molar-refractivity contribution in [2.24, 2.45) is 0 Å². The van der Waals surface area contributed by atoms with Crippen LogP contribution < -0.4 is 0 Å². The van der Waals surface area contributed by atoms with Crippen LogP contribution in [0.5, 0.6) is 0 Å². The zero-order valence-corrected chi connectivity index (χ0v) is 55.9. The summed E-state index contributed by atoms with van der Waals surface area (Å²) >= 11 is 0. The van der Waals surface area contributed by atoms with Gasteiger partial charge in [0, 0.05) is 21.5 Å². The molecule has 101 heavy (non-hydrogen) atoms. The molecule has 0 aromatic heterocycles. The van der Waals surface area contributed by atoms with Gasteiger partial charge in [0.1, 0.15) is 21.8 Å². The monoisotopic (exact) mass is 1450 g/mol. The van der Waals surface area contributed by atoms with Crippen molar-refractivity contribution in [3.63, 3.8) is 0 Å². The molecule has 0 aliphatic carbocycles. The lowest BCUT2D eigenvalue weighted by Gasteiger charge is -2.33. The lowest BCUT2D eigenvalue weighted by Crippen LogP contribution is -2.58. The first-order chi connectivity index (χ1) is 48.2. The quantitative estimate of drug-likeness (QED) is 0.0500. The van der Waals surface area contributed by atoms with Crippen molar-refractivity contribution in [2.45, 2.75) is 71.2 Å². The van der Waals surface area contributed by atoms with Gasteiger partial charge in [0.05, 0.1) is 13.2 Å². The summed E-state index contributed by atoms with van der Waals surface area (Å²) in [6, 6.07) is 105. The molecule has 14 aromatic rings. The Hall–Kier alpha value is -9.62. The second kappa shape index (κ2) is 30.3. The minimum atomic E-state index is -7.05. The average Bonchev–Trinajstić information content (AvgIpc) is 0.741. The van der Waals surface area contributed by atoms with E-state index in [9.17, 15) is 69.8 Å². The van der Waals surface area contributed by atoms with Gasteiger partial charge in [0.2, 0.25) is 0 Å². The molecular formula is C79H56F10O8S4. The number of halogens is 10. The summed E-state index contributed by atoms with van der Waals surface area (Å²) in [5.74, 6) is -6.56. The molecule has 0 saturated heterocycles. The van der Waals surface area contributed by atoms with Crippen LogP contribution in [-0.4, -0.2) is 54.6 Å². The SMILES string of the molecule is O=S(=O)([O-])C(F)(F)C(F)(F)C(F)(F)OCc1ccc2ccccc2c1.O=S(=O)([O-])C(F)(F)C(F)(F)OCc1ccc2ccccc2c1.c1ccc([S+](c2cccc3ccccc23)c2cccc3ccccc23)cc1.c1ccc([S+](c2cccc3ccccc23)c2cccc3ccccc23)cc1. The highest BCUT2D eigenvalue weighted by Gasteiger charge is 2.76. The van der Waals surface area contributed by atoms with E-state index >= 15 is 0 Å². The lowest BCUT2D eigenvalue weighted by molar-refractivity contribution is -0.386. The van der Waals surface area contributed by atoms with Gasteiger partial charge in [-0.3, -0.25) is 0 Å². The van der Waals surface area contributed by atoms with Gasteiger partial charge in [-0.1, -0.05) is 231 Å². The Morgan fingerprint density at radius 2 is 0.535 bits per heavy atom. The minimum absolute atomic E-state index is 0.0533. The Bertz CT molecular complexity index is 5110. The van der Waals surface area contributed by atoms with Gasteiger partial charge in [-0.05, 0) is 139 Å². The van der Waals surface area contributed by atoms with Crippen LogP contribution in [0.1, 0.15) is 11.1 Å². The number of hydrogen-bond acceptors (Lipinski definition) is 8. The number of alkyl halides is 10. The van der Waals surface area contributed by atoms with Gasteiger partial charge < -0.3 is 18.6 Å². The van der Waals surface area contributed by atoms with E-state index in [4.69, 9.17) is 0 Å². The van der Waals surface area contributed by atoms with Crippen molar-refractivity contribution in [2.75, 3.05) is 0 Å². The first-order valence-corrected chi connectivity index (χ1v) is 36.0. The van der Waals surface area contributed by atoms with Crippen LogP contribution in [-0.2, 0) is 64.7 Å². The molecule has 0 fully saturated rings. The largest absolute Gasteiger partial charge is 0.743 e. The summed E-state index contributed by atoms with van der Waals surface area (Å²) < 4.78 is 200. The first kappa shape index (κ1) is 72.6. The number of fused-ring (bicyclic) bond motifs is 6. The molecule has 0 aliphatic heterocycles. The summed E-state index contributed by atoms with van der Waals surface area (Å²) in [6.45, 7) is -2.20. The van der Waals surface area contributed by atoms with Gasteiger partial charge in [-0.2, -0.15) is 43.9 Å². The number of benzene rings is 14. The van der Waals surface area contributed by atoms with Crippen LogP contribution in [0, 0.1) is 0 Å². The van der Waals surface area contributed by atoms with Crippen molar-refractivity contribution in [3.8, 4) is 0 Å². The molecule has 0 heterocycles. The number of ether oxygens (including phenoxy) is 2. The molecule has 0 amide bonds. The third kappa shape index (κ3) is 15.8.